The Morgan fingerprint density at radius 3 is 2.75 bits per heavy atom. The number of aliphatic imine (C=N–C) groups is 1. The highest BCUT2D eigenvalue weighted by molar-refractivity contribution is 5.78. The van der Waals surface area contributed by atoms with Crippen LogP contribution in [0.3, 0.4) is 0 Å². The SMILES string of the molecule is COC1N=CC(N)=CC1(N)OC. The monoisotopic (exact) mass is 171 g/mol. The van der Waals surface area contributed by atoms with Gasteiger partial charge in [0, 0.05) is 20.4 Å². The Labute approximate surface area is 71.0 Å². The summed E-state index contributed by atoms with van der Waals surface area (Å²) in [4.78, 5) is 3.96. The second-order valence-electron chi connectivity index (χ2n) is 2.57. The Bertz CT molecular complexity index is 227. The average Bonchev–Trinajstić information content (AvgIpc) is 2.05. The van der Waals surface area contributed by atoms with E-state index in [1.807, 2.05) is 0 Å². The van der Waals surface area contributed by atoms with E-state index in [0.717, 1.165) is 0 Å². The zero-order valence-corrected chi connectivity index (χ0v) is 7.15. The van der Waals surface area contributed by atoms with Crippen LogP contribution >= 0.6 is 0 Å². The van der Waals surface area contributed by atoms with Crippen molar-refractivity contribution in [3.63, 3.8) is 0 Å². The zero-order chi connectivity index (χ0) is 9.19. The van der Waals surface area contributed by atoms with Crippen molar-refractivity contribution < 1.29 is 9.47 Å². The lowest BCUT2D eigenvalue weighted by molar-refractivity contribution is -0.0802. The Morgan fingerprint density at radius 2 is 2.25 bits per heavy atom. The molecule has 1 aliphatic heterocycles. The van der Waals surface area contributed by atoms with Gasteiger partial charge in [-0.2, -0.15) is 0 Å². The molecule has 0 saturated heterocycles. The molecule has 1 rings (SSSR count). The molecule has 0 fully saturated rings. The van der Waals surface area contributed by atoms with Crippen molar-refractivity contribution in [1.29, 1.82) is 0 Å². The zero-order valence-electron chi connectivity index (χ0n) is 7.15. The maximum Gasteiger partial charge on any atom is 0.194 e. The topological polar surface area (TPSA) is 82.9 Å². The molecule has 2 atom stereocenters. The van der Waals surface area contributed by atoms with Gasteiger partial charge in [0.1, 0.15) is 0 Å². The van der Waals surface area contributed by atoms with Crippen LogP contribution in [0.5, 0.6) is 0 Å². The minimum absolute atomic E-state index is 0.479. The summed E-state index contributed by atoms with van der Waals surface area (Å²) < 4.78 is 10.0. The number of nitrogens with zero attached hydrogens (tertiary/aromatic N) is 1. The summed E-state index contributed by atoms with van der Waals surface area (Å²) in [6.07, 6.45) is 2.54. The fraction of sp³-hybridized carbons (Fsp3) is 0.571. The third-order valence-electron chi connectivity index (χ3n) is 1.71. The predicted octanol–water partition coefficient (Wildman–Crippen LogP) is -0.813. The lowest BCUT2D eigenvalue weighted by Crippen LogP contribution is -2.53. The lowest BCUT2D eigenvalue weighted by Gasteiger charge is -2.31. The van der Waals surface area contributed by atoms with Gasteiger partial charge in [0.05, 0.1) is 5.70 Å². The largest absolute Gasteiger partial charge is 0.398 e. The van der Waals surface area contributed by atoms with E-state index in [1.54, 1.807) is 6.08 Å². The molecule has 1 heterocycles. The normalized spacial score (nSPS) is 34.9. The number of hydrogen-bond donors (Lipinski definition) is 2. The summed E-state index contributed by atoms with van der Waals surface area (Å²) in [5, 5.41) is 0. The van der Waals surface area contributed by atoms with Gasteiger partial charge in [-0.1, -0.05) is 0 Å². The first-order valence-corrected chi connectivity index (χ1v) is 3.50. The maximum absolute atomic E-state index is 5.79. The number of dihydropyridines is 1. The van der Waals surface area contributed by atoms with E-state index >= 15 is 0 Å². The van der Waals surface area contributed by atoms with E-state index in [0.29, 0.717) is 5.70 Å². The number of hydrogen-bond acceptors (Lipinski definition) is 5. The average molecular weight is 171 g/mol. The van der Waals surface area contributed by atoms with Crippen LogP contribution in [-0.4, -0.2) is 32.4 Å². The van der Waals surface area contributed by atoms with Crippen molar-refractivity contribution in [2.75, 3.05) is 14.2 Å². The molecule has 0 aromatic rings. The third kappa shape index (κ3) is 1.47. The highest BCUT2D eigenvalue weighted by Crippen LogP contribution is 2.18. The van der Waals surface area contributed by atoms with E-state index in [-0.39, 0.29) is 0 Å². The van der Waals surface area contributed by atoms with Crippen molar-refractivity contribution in [3.05, 3.63) is 11.8 Å². The van der Waals surface area contributed by atoms with E-state index < -0.39 is 12.0 Å². The number of rotatable bonds is 2. The highest BCUT2D eigenvalue weighted by atomic mass is 16.6. The molecule has 0 saturated carbocycles. The van der Waals surface area contributed by atoms with Gasteiger partial charge in [-0.25, -0.2) is 0 Å². The maximum atomic E-state index is 5.79. The smallest absolute Gasteiger partial charge is 0.194 e. The Balaban J connectivity index is 2.88. The molecule has 68 valence electrons. The highest BCUT2D eigenvalue weighted by Gasteiger charge is 2.35. The molecule has 0 aromatic heterocycles. The summed E-state index contributed by atoms with van der Waals surface area (Å²) in [7, 11) is 2.99. The van der Waals surface area contributed by atoms with E-state index in [1.165, 1.54) is 20.4 Å². The van der Waals surface area contributed by atoms with Gasteiger partial charge in [0.15, 0.2) is 12.0 Å². The van der Waals surface area contributed by atoms with Crippen LogP contribution in [0.15, 0.2) is 16.8 Å². The standard InChI is InChI=1S/C7H13N3O2/c1-11-6-7(9,12-2)3-5(8)4-10-6/h3-4,6H,8-9H2,1-2H3. The van der Waals surface area contributed by atoms with Gasteiger partial charge in [0.2, 0.25) is 0 Å². The van der Waals surface area contributed by atoms with E-state index in [9.17, 15) is 0 Å². The molecule has 0 amide bonds. The lowest BCUT2D eigenvalue weighted by atomic mass is 10.1. The quantitative estimate of drug-likeness (QED) is 0.532. The molecule has 2 unspecified atom stereocenters. The summed E-state index contributed by atoms with van der Waals surface area (Å²) in [6.45, 7) is 0. The van der Waals surface area contributed by atoms with Crippen LogP contribution in [0, 0.1) is 0 Å². The minimum atomic E-state index is -1.05. The van der Waals surface area contributed by atoms with Gasteiger partial charge in [-0.05, 0) is 6.08 Å². The molecule has 5 heteroatoms. The molecule has 0 bridgehead atoms. The van der Waals surface area contributed by atoms with Crippen LogP contribution in [-0.2, 0) is 9.47 Å². The number of ether oxygens (including phenoxy) is 2. The molecule has 4 N–H and O–H groups in total. The Hall–Kier alpha value is -0.910. The summed E-state index contributed by atoms with van der Waals surface area (Å²) in [5.41, 5.74) is 10.7. The molecule has 1 aliphatic rings. The predicted molar refractivity (Wildman–Crippen MR) is 45.5 cm³/mol. The molecule has 0 spiro atoms. The van der Waals surface area contributed by atoms with Gasteiger partial charge in [-0.15, -0.1) is 0 Å². The Kier molecular flexibility index (Phi) is 2.46. The number of allylic oxidation sites excluding steroid dienone is 1. The van der Waals surface area contributed by atoms with Crippen LogP contribution < -0.4 is 11.5 Å². The fourth-order valence-electron chi connectivity index (χ4n) is 1.04. The van der Waals surface area contributed by atoms with Gasteiger partial charge < -0.3 is 15.2 Å². The summed E-state index contributed by atoms with van der Waals surface area (Å²) >= 11 is 0. The van der Waals surface area contributed by atoms with Crippen LogP contribution in [0.2, 0.25) is 0 Å². The molecule has 0 radical (unpaired) electrons. The molecule has 12 heavy (non-hydrogen) atoms. The molecular weight excluding hydrogens is 158 g/mol. The third-order valence-corrected chi connectivity index (χ3v) is 1.71. The molecular formula is C7H13N3O2. The van der Waals surface area contributed by atoms with Gasteiger partial charge >= 0.3 is 0 Å². The van der Waals surface area contributed by atoms with Crippen LogP contribution in [0.1, 0.15) is 0 Å². The van der Waals surface area contributed by atoms with Gasteiger partial charge in [-0.3, -0.25) is 10.7 Å². The summed E-state index contributed by atoms with van der Waals surface area (Å²) in [6, 6.07) is 0. The molecule has 5 nitrogen and oxygen atoms in total. The van der Waals surface area contributed by atoms with Crippen molar-refractivity contribution >= 4 is 6.21 Å². The number of nitrogens with two attached hydrogens (primary N) is 2. The first-order valence-electron chi connectivity index (χ1n) is 3.50. The second kappa shape index (κ2) is 3.22. The van der Waals surface area contributed by atoms with Crippen LogP contribution in [0.25, 0.3) is 0 Å². The summed E-state index contributed by atoms with van der Waals surface area (Å²) in [5.74, 6) is 0. The fourth-order valence-corrected chi connectivity index (χ4v) is 1.04. The Morgan fingerprint density at radius 1 is 1.58 bits per heavy atom. The first-order chi connectivity index (χ1) is 5.62. The van der Waals surface area contributed by atoms with Gasteiger partial charge in [0.25, 0.3) is 0 Å². The van der Waals surface area contributed by atoms with Crippen molar-refractivity contribution in [2.45, 2.75) is 12.0 Å². The van der Waals surface area contributed by atoms with E-state index in [2.05, 4.69) is 4.99 Å². The first kappa shape index (κ1) is 9.18. The number of methoxy groups -OCH3 is 2. The van der Waals surface area contributed by atoms with Crippen molar-refractivity contribution in [1.82, 2.24) is 0 Å². The van der Waals surface area contributed by atoms with E-state index in [4.69, 9.17) is 20.9 Å². The van der Waals surface area contributed by atoms with Crippen molar-refractivity contribution in [3.8, 4) is 0 Å². The van der Waals surface area contributed by atoms with Crippen LogP contribution in [0.4, 0.5) is 0 Å². The molecule has 0 aromatic carbocycles. The molecule has 0 aliphatic carbocycles. The minimum Gasteiger partial charge on any atom is -0.398 e. The van der Waals surface area contributed by atoms with Crippen molar-refractivity contribution in [2.24, 2.45) is 16.5 Å². The second-order valence-corrected chi connectivity index (χ2v) is 2.57.